The minimum atomic E-state index is -0.907. The number of benzene rings is 2. The number of rotatable bonds is 5. The van der Waals surface area contributed by atoms with E-state index >= 15 is 0 Å². The maximum Gasteiger partial charge on any atom is 0.306 e. The molecule has 0 spiro atoms. The number of carboxylic acids is 1. The monoisotopic (exact) mass is 338 g/mol. The molecule has 2 aromatic rings. The zero-order chi connectivity index (χ0) is 17.8. The average Bonchev–Trinajstić information content (AvgIpc) is 2.57. The van der Waals surface area contributed by atoms with Crippen LogP contribution in [0.15, 0.2) is 48.0 Å². The molecule has 0 atom stereocenters. The topological polar surface area (TPSA) is 83.8 Å². The van der Waals surface area contributed by atoms with Gasteiger partial charge in [-0.1, -0.05) is 12.1 Å². The predicted octanol–water partition coefficient (Wildman–Crippen LogP) is 3.46. The molecule has 0 amide bonds. The van der Waals surface area contributed by atoms with Gasteiger partial charge < -0.3 is 14.9 Å². The van der Waals surface area contributed by atoms with Crippen LogP contribution in [0.4, 0.5) is 0 Å². The van der Waals surface area contributed by atoms with Gasteiger partial charge in [-0.2, -0.15) is 0 Å². The minimum Gasteiger partial charge on any atom is -0.508 e. The Morgan fingerprint density at radius 1 is 1.16 bits per heavy atom. The van der Waals surface area contributed by atoms with Gasteiger partial charge in [0.05, 0.1) is 13.0 Å². The van der Waals surface area contributed by atoms with E-state index in [2.05, 4.69) is 0 Å². The molecule has 128 valence electrons. The zero-order valence-corrected chi connectivity index (χ0v) is 13.6. The summed E-state index contributed by atoms with van der Waals surface area (Å²) in [5, 5.41) is 18.2. The number of carboxylic acid groups (broad SMARTS) is 1. The highest BCUT2D eigenvalue weighted by Crippen LogP contribution is 2.29. The Kier molecular flexibility index (Phi) is 4.84. The van der Waals surface area contributed by atoms with Gasteiger partial charge in [-0.3, -0.25) is 9.59 Å². The van der Waals surface area contributed by atoms with E-state index in [1.165, 1.54) is 6.07 Å². The number of ether oxygens (including phenoxy) is 1. The van der Waals surface area contributed by atoms with E-state index in [0.717, 1.165) is 11.1 Å². The fourth-order valence-electron chi connectivity index (χ4n) is 2.85. The fraction of sp³-hybridized carbons (Fsp3) is 0.200. The van der Waals surface area contributed by atoms with Crippen LogP contribution in [-0.2, 0) is 11.2 Å². The Labute approximate surface area is 145 Å². The van der Waals surface area contributed by atoms with Crippen molar-refractivity contribution in [2.45, 2.75) is 19.3 Å². The highest BCUT2D eigenvalue weighted by molar-refractivity contribution is 6.13. The van der Waals surface area contributed by atoms with Gasteiger partial charge in [0.15, 0.2) is 5.78 Å². The number of aliphatic carboxylic acids is 1. The van der Waals surface area contributed by atoms with Crippen molar-refractivity contribution in [1.29, 1.82) is 0 Å². The lowest BCUT2D eigenvalue weighted by molar-refractivity contribution is -0.137. The van der Waals surface area contributed by atoms with E-state index in [1.807, 2.05) is 18.2 Å². The number of fused-ring (bicyclic) bond motifs is 1. The quantitative estimate of drug-likeness (QED) is 0.816. The molecule has 0 saturated heterocycles. The van der Waals surface area contributed by atoms with Crippen LogP contribution in [0.3, 0.4) is 0 Å². The van der Waals surface area contributed by atoms with Crippen LogP contribution in [0, 0.1) is 0 Å². The summed E-state index contributed by atoms with van der Waals surface area (Å²) >= 11 is 0. The number of carbonyl (C=O) groups is 2. The van der Waals surface area contributed by atoms with E-state index in [9.17, 15) is 14.7 Å². The van der Waals surface area contributed by atoms with Crippen molar-refractivity contribution in [3.05, 3.63) is 64.7 Å². The number of phenolic OH excluding ortho intramolecular Hbond substituents is 1. The third kappa shape index (κ3) is 4.07. The standard InChI is InChI=1S/C20H18O5/c21-16-6-7-18-14(12-16)4-5-15(20(18)24)10-13-2-1-3-17(11-13)25-9-8-19(22)23/h1-3,6-7,10-12,21H,4-5,8-9H2,(H,22,23). The Balaban J connectivity index is 1.78. The first-order valence-corrected chi connectivity index (χ1v) is 8.05. The van der Waals surface area contributed by atoms with Crippen LogP contribution >= 0.6 is 0 Å². The molecule has 5 nitrogen and oxygen atoms in total. The molecule has 25 heavy (non-hydrogen) atoms. The van der Waals surface area contributed by atoms with Gasteiger partial charge >= 0.3 is 5.97 Å². The molecular formula is C20H18O5. The number of aromatic hydroxyl groups is 1. The third-order valence-corrected chi connectivity index (χ3v) is 4.07. The van der Waals surface area contributed by atoms with Crippen molar-refractivity contribution in [2.75, 3.05) is 6.61 Å². The van der Waals surface area contributed by atoms with Gasteiger partial charge in [0.2, 0.25) is 0 Å². The second-order valence-corrected chi connectivity index (χ2v) is 5.90. The van der Waals surface area contributed by atoms with Crippen molar-refractivity contribution in [2.24, 2.45) is 0 Å². The average molecular weight is 338 g/mol. The molecule has 0 aromatic heterocycles. The van der Waals surface area contributed by atoms with Crippen molar-refractivity contribution < 1.29 is 24.5 Å². The van der Waals surface area contributed by atoms with Gasteiger partial charge in [0.25, 0.3) is 0 Å². The van der Waals surface area contributed by atoms with Gasteiger partial charge in [-0.05, 0) is 60.4 Å². The van der Waals surface area contributed by atoms with Crippen molar-refractivity contribution in [3.8, 4) is 11.5 Å². The van der Waals surface area contributed by atoms with Crippen LogP contribution in [0.2, 0.25) is 0 Å². The molecule has 2 N–H and O–H groups in total. The van der Waals surface area contributed by atoms with Crippen LogP contribution in [0.1, 0.15) is 34.3 Å². The Hall–Kier alpha value is -3.08. The van der Waals surface area contributed by atoms with E-state index in [0.29, 0.717) is 29.7 Å². The van der Waals surface area contributed by atoms with Gasteiger partial charge in [-0.15, -0.1) is 0 Å². The molecule has 0 heterocycles. The second kappa shape index (κ2) is 7.21. The first-order chi connectivity index (χ1) is 12.0. The molecule has 0 saturated carbocycles. The summed E-state index contributed by atoms with van der Waals surface area (Å²) in [4.78, 5) is 23.2. The Morgan fingerprint density at radius 3 is 2.80 bits per heavy atom. The molecule has 5 heteroatoms. The van der Waals surface area contributed by atoms with Crippen LogP contribution < -0.4 is 4.74 Å². The Morgan fingerprint density at radius 2 is 2.00 bits per heavy atom. The lowest BCUT2D eigenvalue weighted by Gasteiger charge is -2.17. The lowest BCUT2D eigenvalue weighted by atomic mass is 9.86. The molecular weight excluding hydrogens is 320 g/mol. The highest BCUT2D eigenvalue weighted by Gasteiger charge is 2.22. The van der Waals surface area contributed by atoms with Gasteiger partial charge in [0.1, 0.15) is 11.5 Å². The van der Waals surface area contributed by atoms with Crippen LogP contribution in [0.5, 0.6) is 11.5 Å². The van der Waals surface area contributed by atoms with E-state index in [1.54, 1.807) is 24.3 Å². The maximum atomic E-state index is 12.6. The molecule has 0 fully saturated rings. The van der Waals surface area contributed by atoms with E-state index < -0.39 is 5.97 Å². The van der Waals surface area contributed by atoms with E-state index in [4.69, 9.17) is 9.84 Å². The zero-order valence-electron chi connectivity index (χ0n) is 13.6. The molecule has 0 aliphatic heterocycles. The number of ketones is 1. The van der Waals surface area contributed by atoms with E-state index in [-0.39, 0.29) is 24.6 Å². The molecule has 0 bridgehead atoms. The number of hydrogen-bond acceptors (Lipinski definition) is 4. The normalized spacial score (nSPS) is 15.0. The first kappa shape index (κ1) is 16.8. The van der Waals surface area contributed by atoms with Crippen molar-refractivity contribution in [1.82, 2.24) is 0 Å². The summed E-state index contributed by atoms with van der Waals surface area (Å²) in [5.74, 6) is -0.191. The van der Waals surface area contributed by atoms with Crippen molar-refractivity contribution in [3.63, 3.8) is 0 Å². The summed E-state index contributed by atoms with van der Waals surface area (Å²) in [6.45, 7) is 0.102. The third-order valence-electron chi connectivity index (χ3n) is 4.07. The summed E-state index contributed by atoms with van der Waals surface area (Å²) in [7, 11) is 0. The minimum absolute atomic E-state index is 0.0292. The summed E-state index contributed by atoms with van der Waals surface area (Å²) in [6.07, 6.45) is 3.09. The second-order valence-electron chi connectivity index (χ2n) is 5.90. The summed E-state index contributed by atoms with van der Waals surface area (Å²) in [5.41, 5.74) is 3.04. The number of allylic oxidation sites excluding steroid dienone is 1. The number of phenols is 1. The molecule has 2 aromatic carbocycles. The smallest absolute Gasteiger partial charge is 0.306 e. The SMILES string of the molecule is O=C(O)CCOc1cccc(C=C2CCc3cc(O)ccc3C2=O)c1. The molecule has 0 unspecified atom stereocenters. The Bertz CT molecular complexity index is 851. The van der Waals surface area contributed by atoms with Crippen LogP contribution in [0.25, 0.3) is 6.08 Å². The molecule has 1 aliphatic rings. The summed E-state index contributed by atoms with van der Waals surface area (Å²) < 4.78 is 5.42. The fourth-order valence-corrected chi connectivity index (χ4v) is 2.85. The van der Waals surface area contributed by atoms with Crippen molar-refractivity contribution >= 4 is 17.8 Å². The summed E-state index contributed by atoms with van der Waals surface area (Å²) in [6, 6.07) is 12.0. The first-order valence-electron chi connectivity index (χ1n) is 8.05. The largest absolute Gasteiger partial charge is 0.508 e. The number of Topliss-reactive ketones (excluding diaryl/α,β-unsaturated/α-hetero) is 1. The highest BCUT2D eigenvalue weighted by atomic mass is 16.5. The number of hydrogen-bond donors (Lipinski definition) is 2. The predicted molar refractivity (Wildman–Crippen MR) is 92.9 cm³/mol. The number of aryl methyl sites for hydroxylation is 1. The van der Waals surface area contributed by atoms with Gasteiger partial charge in [0, 0.05) is 11.1 Å². The van der Waals surface area contributed by atoms with Crippen LogP contribution in [-0.4, -0.2) is 28.6 Å². The lowest BCUT2D eigenvalue weighted by Crippen LogP contribution is -2.13. The molecule has 3 rings (SSSR count). The van der Waals surface area contributed by atoms with Gasteiger partial charge in [-0.25, -0.2) is 0 Å². The molecule has 0 radical (unpaired) electrons. The maximum absolute atomic E-state index is 12.6. The molecule has 1 aliphatic carbocycles. The number of carbonyl (C=O) groups excluding carboxylic acids is 1.